The van der Waals surface area contributed by atoms with Crippen LogP contribution in [0.25, 0.3) is 11.0 Å². The Morgan fingerprint density at radius 1 is 1.09 bits per heavy atom. The number of hydrogen-bond donors (Lipinski definition) is 2. The molecule has 2 aromatic rings. The lowest BCUT2D eigenvalue weighted by molar-refractivity contribution is -0.124. The van der Waals surface area contributed by atoms with Gasteiger partial charge in [-0.15, -0.1) is 0 Å². The van der Waals surface area contributed by atoms with Crippen molar-refractivity contribution in [3.63, 3.8) is 0 Å². The van der Waals surface area contributed by atoms with E-state index in [2.05, 4.69) is 5.32 Å². The smallest absolute Gasteiger partial charge is 0.329 e. The molecular weight excluding hydrogens is 446 g/mol. The second-order valence-electron chi connectivity index (χ2n) is 8.33. The van der Waals surface area contributed by atoms with Crippen molar-refractivity contribution in [2.24, 2.45) is 13.0 Å². The van der Waals surface area contributed by atoms with Crippen molar-refractivity contribution in [3.8, 4) is 0 Å². The van der Waals surface area contributed by atoms with Crippen LogP contribution < -0.4 is 11.0 Å². The van der Waals surface area contributed by atoms with Gasteiger partial charge in [-0.3, -0.25) is 13.9 Å². The molecule has 1 aliphatic rings. The summed E-state index contributed by atoms with van der Waals surface area (Å²) in [6.45, 7) is 5.95. The van der Waals surface area contributed by atoms with E-state index in [-0.39, 0.29) is 18.0 Å². The van der Waals surface area contributed by atoms with E-state index in [1.54, 1.807) is 7.05 Å². The molecule has 1 atom stereocenters. The minimum absolute atomic E-state index is 0.229. The average Bonchev–Trinajstić information content (AvgIpc) is 3.15. The Morgan fingerprint density at radius 2 is 1.69 bits per heavy atom. The highest BCUT2D eigenvalue weighted by atomic mass is 16.2. The predicted octanol–water partition coefficient (Wildman–Crippen LogP) is 4.10. The second kappa shape index (κ2) is 18.6. The summed E-state index contributed by atoms with van der Waals surface area (Å²) in [6, 6.07) is 4.97. The number of benzene rings is 1. The van der Waals surface area contributed by atoms with Crippen molar-refractivity contribution in [1.29, 1.82) is 0 Å². The van der Waals surface area contributed by atoms with Gasteiger partial charge in [-0.05, 0) is 43.4 Å². The SMILES string of the molecule is CC.CNC(=O)C(CCC=O)n1c(=O)n(C)c2cc(C)ccc21.CO.O=CCCC1CCCCC1. The van der Waals surface area contributed by atoms with Crippen molar-refractivity contribution in [3.05, 3.63) is 34.2 Å². The van der Waals surface area contributed by atoms with Gasteiger partial charge in [0.1, 0.15) is 18.6 Å². The Hall–Kier alpha value is -2.74. The van der Waals surface area contributed by atoms with Gasteiger partial charge < -0.3 is 20.0 Å². The molecule has 0 radical (unpaired) electrons. The van der Waals surface area contributed by atoms with Gasteiger partial charge in [-0.25, -0.2) is 4.79 Å². The minimum atomic E-state index is -0.681. The average molecular weight is 492 g/mol. The van der Waals surface area contributed by atoms with E-state index in [9.17, 15) is 19.2 Å². The molecule has 3 rings (SSSR count). The van der Waals surface area contributed by atoms with Crippen LogP contribution in [0.5, 0.6) is 0 Å². The minimum Gasteiger partial charge on any atom is -0.400 e. The topological polar surface area (TPSA) is 110 Å². The van der Waals surface area contributed by atoms with E-state index in [0.717, 1.165) is 49.5 Å². The fraction of sp³-hybridized carbons (Fsp3) is 0.630. The Balaban J connectivity index is 0.000000691. The highest BCUT2D eigenvalue weighted by Gasteiger charge is 2.24. The van der Waals surface area contributed by atoms with Crippen LogP contribution in [0.1, 0.15) is 83.2 Å². The van der Waals surface area contributed by atoms with E-state index < -0.39 is 6.04 Å². The molecule has 1 amide bonds. The summed E-state index contributed by atoms with van der Waals surface area (Å²) in [4.78, 5) is 45.2. The molecule has 0 saturated heterocycles. The zero-order chi connectivity index (χ0) is 26.8. The standard InChI is InChI=1S/C15H19N3O3.C9H16O.C2H6.CH4O/c1-10-6-7-11-13(9-10)17(3)15(21)18(11)12(5-4-8-19)14(20)16-2;10-8-4-7-9-5-2-1-3-6-9;2*1-2/h6-9,12H,4-5H2,1-3H3,(H,16,20);8-9H,1-7H2;1-2H3;2H,1H3. The molecule has 2 N–H and O–H groups in total. The monoisotopic (exact) mass is 491 g/mol. The van der Waals surface area contributed by atoms with Gasteiger partial charge in [0, 0.05) is 34.0 Å². The molecule has 1 aromatic heterocycles. The largest absolute Gasteiger partial charge is 0.400 e. The maximum atomic E-state index is 12.5. The van der Waals surface area contributed by atoms with Crippen molar-refractivity contribution < 1.29 is 19.5 Å². The molecule has 8 heteroatoms. The van der Waals surface area contributed by atoms with Crippen molar-refractivity contribution in [1.82, 2.24) is 14.5 Å². The molecule has 198 valence electrons. The van der Waals surface area contributed by atoms with Gasteiger partial charge in [0.05, 0.1) is 11.0 Å². The Kier molecular flexibility index (Phi) is 17.1. The molecule has 1 aliphatic carbocycles. The normalized spacial score (nSPS) is 13.7. The predicted molar refractivity (Wildman–Crippen MR) is 142 cm³/mol. The molecule has 0 spiro atoms. The summed E-state index contributed by atoms with van der Waals surface area (Å²) in [6.07, 6.45) is 11.2. The number of nitrogens with one attached hydrogen (secondary N) is 1. The second-order valence-corrected chi connectivity index (χ2v) is 8.33. The highest BCUT2D eigenvalue weighted by molar-refractivity contribution is 5.84. The molecule has 8 nitrogen and oxygen atoms in total. The third-order valence-corrected chi connectivity index (χ3v) is 6.08. The third-order valence-electron chi connectivity index (χ3n) is 6.08. The van der Waals surface area contributed by atoms with Crippen molar-refractivity contribution in [2.45, 2.75) is 84.6 Å². The number of hydrogen-bond acceptors (Lipinski definition) is 5. The van der Waals surface area contributed by atoms with Crippen LogP contribution in [0.2, 0.25) is 0 Å². The first kappa shape index (κ1) is 32.3. The molecule has 1 aromatic carbocycles. The first-order chi connectivity index (χ1) is 16.9. The van der Waals surface area contributed by atoms with Gasteiger partial charge in [-0.1, -0.05) is 52.0 Å². The maximum Gasteiger partial charge on any atom is 0.329 e. The summed E-state index contributed by atoms with van der Waals surface area (Å²) < 4.78 is 3.00. The molecule has 1 unspecified atom stereocenters. The van der Waals surface area contributed by atoms with Crippen LogP contribution in [-0.4, -0.2) is 46.9 Å². The van der Waals surface area contributed by atoms with Gasteiger partial charge in [-0.2, -0.15) is 0 Å². The van der Waals surface area contributed by atoms with Crippen molar-refractivity contribution in [2.75, 3.05) is 14.2 Å². The van der Waals surface area contributed by atoms with Crippen LogP contribution in [-0.2, 0) is 21.4 Å². The zero-order valence-corrected chi connectivity index (χ0v) is 22.4. The number of likely N-dealkylation sites (N-methyl/N-ethyl adjacent to an activating group) is 1. The van der Waals surface area contributed by atoms with E-state index >= 15 is 0 Å². The highest BCUT2D eigenvalue weighted by Crippen LogP contribution is 2.26. The van der Waals surface area contributed by atoms with E-state index in [1.165, 1.54) is 48.3 Å². The molecule has 1 fully saturated rings. The van der Waals surface area contributed by atoms with Crippen LogP contribution in [0.3, 0.4) is 0 Å². The number of aryl methyl sites for hydroxylation is 2. The van der Waals surface area contributed by atoms with E-state index in [1.807, 2.05) is 39.0 Å². The lowest BCUT2D eigenvalue weighted by Gasteiger charge is -2.19. The molecule has 1 saturated carbocycles. The lowest BCUT2D eigenvalue weighted by atomic mass is 9.86. The van der Waals surface area contributed by atoms with Gasteiger partial charge >= 0.3 is 5.69 Å². The number of aliphatic hydroxyl groups is 1. The molecule has 35 heavy (non-hydrogen) atoms. The molecule has 0 aliphatic heterocycles. The number of nitrogens with zero attached hydrogens (tertiary/aromatic N) is 2. The maximum absolute atomic E-state index is 12.5. The summed E-state index contributed by atoms with van der Waals surface area (Å²) in [5.41, 5.74) is 2.27. The van der Waals surface area contributed by atoms with Gasteiger partial charge in [0.2, 0.25) is 5.91 Å². The molecule has 0 bridgehead atoms. The number of carbonyl (C=O) groups excluding carboxylic acids is 3. The Labute approximate surface area is 209 Å². The first-order valence-electron chi connectivity index (χ1n) is 12.7. The summed E-state index contributed by atoms with van der Waals surface area (Å²) >= 11 is 0. The quantitative estimate of drug-likeness (QED) is 0.540. The lowest BCUT2D eigenvalue weighted by Crippen LogP contribution is -2.36. The number of rotatable bonds is 8. The molecule has 1 heterocycles. The molecular formula is C27H45N3O5. The fourth-order valence-electron chi connectivity index (χ4n) is 4.32. The number of amides is 1. The number of aromatic nitrogens is 2. The number of imidazole rings is 1. The Morgan fingerprint density at radius 3 is 2.23 bits per heavy atom. The summed E-state index contributed by atoms with van der Waals surface area (Å²) in [7, 11) is 4.21. The van der Waals surface area contributed by atoms with Crippen LogP contribution >= 0.6 is 0 Å². The summed E-state index contributed by atoms with van der Waals surface area (Å²) in [5, 5.41) is 9.56. The van der Waals surface area contributed by atoms with Crippen molar-refractivity contribution >= 4 is 29.5 Å². The van der Waals surface area contributed by atoms with Gasteiger partial charge in [0.15, 0.2) is 0 Å². The third kappa shape index (κ3) is 9.80. The van der Waals surface area contributed by atoms with E-state index in [4.69, 9.17) is 5.11 Å². The van der Waals surface area contributed by atoms with Crippen LogP contribution in [0, 0.1) is 12.8 Å². The van der Waals surface area contributed by atoms with E-state index in [0.29, 0.717) is 11.9 Å². The number of aliphatic hydroxyl groups excluding tert-OH is 1. The zero-order valence-electron chi connectivity index (χ0n) is 22.4. The van der Waals surface area contributed by atoms with Crippen LogP contribution in [0.15, 0.2) is 23.0 Å². The van der Waals surface area contributed by atoms with Gasteiger partial charge in [0.25, 0.3) is 0 Å². The Bertz CT molecular complexity index is 942. The number of aldehydes is 2. The number of carbonyl (C=O) groups is 3. The van der Waals surface area contributed by atoms with Crippen LogP contribution in [0.4, 0.5) is 0 Å². The number of fused-ring (bicyclic) bond motifs is 1. The first-order valence-corrected chi connectivity index (χ1v) is 12.7. The fourth-order valence-corrected chi connectivity index (χ4v) is 4.32. The summed E-state index contributed by atoms with van der Waals surface area (Å²) in [5.74, 6) is 0.603.